The van der Waals surface area contributed by atoms with Gasteiger partial charge in [0.15, 0.2) is 11.2 Å². The zero-order valence-electron chi connectivity index (χ0n) is 16.6. The fraction of sp³-hybridized carbons (Fsp3) is 0.0714. The van der Waals surface area contributed by atoms with Gasteiger partial charge in [0.1, 0.15) is 17.1 Å². The molecule has 0 amide bonds. The third kappa shape index (κ3) is 1.84. The predicted octanol–water partition coefficient (Wildman–Crippen LogP) is 5.99. The van der Waals surface area contributed by atoms with Crippen LogP contribution in [0.2, 0.25) is 0 Å². The number of hydrogen-bond donors (Lipinski definition) is 1. The van der Waals surface area contributed by atoms with Crippen molar-refractivity contribution in [3.8, 4) is 17.1 Å². The van der Waals surface area contributed by atoms with Crippen LogP contribution in [0.4, 0.5) is 0 Å². The van der Waals surface area contributed by atoms with Crippen LogP contribution in [0.3, 0.4) is 0 Å². The molecule has 0 saturated carbocycles. The third-order valence-electron chi connectivity index (χ3n) is 6.74. The number of furan rings is 1. The smallest absolute Gasteiger partial charge is 0.197 e. The fourth-order valence-electron chi connectivity index (χ4n) is 5.52. The Labute approximate surface area is 179 Å². The highest BCUT2D eigenvalue weighted by atomic mass is 16.5. The van der Waals surface area contributed by atoms with E-state index in [4.69, 9.17) is 9.15 Å². The van der Waals surface area contributed by atoms with E-state index in [0.717, 1.165) is 38.8 Å². The Morgan fingerprint density at radius 2 is 1.32 bits per heavy atom. The number of fused-ring (bicyclic) bond motifs is 10. The second kappa shape index (κ2) is 5.65. The molecule has 7 rings (SSSR count). The van der Waals surface area contributed by atoms with Gasteiger partial charge in [-0.25, -0.2) is 0 Å². The third-order valence-corrected chi connectivity index (χ3v) is 6.74. The van der Waals surface area contributed by atoms with Crippen LogP contribution in [0.5, 0.6) is 5.75 Å². The first-order valence-corrected chi connectivity index (χ1v) is 10.4. The van der Waals surface area contributed by atoms with Crippen molar-refractivity contribution in [2.45, 2.75) is 11.2 Å². The Morgan fingerprint density at radius 3 is 2.19 bits per heavy atom. The summed E-state index contributed by atoms with van der Waals surface area (Å²) in [6, 6.07) is 33.8. The van der Waals surface area contributed by atoms with Crippen molar-refractivity contribution in [3.05, 3.63) is 125 Å². The maximum atomic E-state index is 12.9. The van der Waals surface area contributed by atoms with Gasteiger partial charge in [0, 0.05) is 33.2 Å². The zero-order valence-corrected chi connectivity index (χ0v) is 16.6. The lowest BCUT2D eigenvalue weighted by atomic mass is 9.62. The number of benzene rings is 4. The van der Waals surface area contributed by atoms with Gasteiger partial charge in [-0.2, -0.15) is 0 Å². The summed E-state index contributed by atoms with van der Waals surface area (Å²) in [5, 5.41) is 13.8. The maximum absolute atomic E-state index is 12.9. The molecule has 5 aromatic rings. The molecular formula is C28H18O3. The van der Waals surface area contributed by atoms with Gasteiger partial charge in [-0.1, -0.05) is 91.0 Å². The Morgan fingerprint density at radius 1 is 0.645 bits per heavy atom. The molecular weight excluding hydrogens is 384 g/mol. The molecule has 0 unspecified atom stereocenters. The van der Waals surface area contributed by atoms with Gasteiger partial charge >= 0.3 is 0 Å². The lowest BCUT2D eigenvalue weighted by Gasteiger charge is -2.45. The predicted molar refractivity (Wildman–Crippen MR) is 119 cm³/mol. The highest BCUT2D eigenvalue weighted by Gasteiger charge is 2.67. The standard InChI is InChI=1S/C28H18O3/c29-27-22-15-7-9-17-24(22)31-28(27,18-10-2-1-3-11-18)21-14-6-4-12-19(21)26-25(27)20-13-5-8-16-23(20)30-26/h1-17,29H/t27-,28-/m1/s1. The molecule has 2 atom stereocenters. The van der Waals surface area contributed by atoms with Crippen molar-refractivity contribution in [1.82, 2.24) is 0 Å². The molecule has 148 valence electrons. The molecule has 1 aromatic heterocycles. The molecule has 2 heterocycles. The summed E-state index contributed by atoms with van der Waals surface area (Å²) < 4.78 is 13.2. The highest BCUT2D eigenvalue weighted by molar-refractivity contribution is 5.94. The number of aliphatic hydroxyl groups is 1. The quantitative estimate of drug-likeness (QED) is 0.375. The van der Waals surface area contributed by atoms with Crippen LogP contribution in [0.25, 0.3) is 22.3 Å². The fourth-order valence-corrected chi connectivity index (χ4v) is 5.52. The van der Waals surface area contributed by atoms with E-state index in [0.29, 0.717) is 11.5 Å². The summed E-state index contributed by atoms with van der Waals surface area (Å²) in [4.78, 5) is 0. The molecule has 0 radical (unpaired) electrons. The van der Waals surface area contributed by atoms with Crippen molar-refractivity contribution in [2.24, 2.45) is 0 Å². The molecule has 0 spiro atoms. The molecule has 1 N–H and O–H groups in total. The molecule has 4 aromatic carbocycles. The number of ether oxygens (including phenoxy) is 1. The molecule has 31 heavy (non-hydrogen) atoms. The lowest BCUT2D eigenvalue weighted by molar-refractivity contribution is -0.0672. The Hall–Kier alpha value is -3.82. The highest BCUT2D eigenvalue weighted by Crippen LogP contribution is 2.65. The minimum absolute atomic E-state index is 0.682. The first-order chi connectivity index (χ1) is 15.2. The van der Waals surface area contributed by atoms with Gasteiger partial charge in [0.25, 0.3) is 0 Å². The van der Waals surface area contributed by atoms with Gasteiger partial charge < -0.3 is 14.3 Å². The molecule has 2 aliphatic rings. The van der Waals surface area contributed by atoms with Crippen LogP contribution in [-0.4, -0.2) is 5.11 Å². The maximum Gasteiger partial charge on any atom is 0.197 e. The SMILES string of the molecule is O[C@@]12c3ccccc3O[C@]1(c1ccccc1)c1ccccc1-c1oc3ccccc3c12. The molecule has 0 bridgehead atoms. The number of rotatable bonds is 1. The summed E-state index contributed by atoms with van der Waals surface area (Å²) in [5.41, 5.74) is 2.41. The number of para-hydroxylation sites is 2. The zero-order chi connectivity index (χ0) is 20.6. The van der Waals surface area contributed by atoms with E-state index >= 15 is 0 Å². The minimum atomic E-state index is -1.46. The van der Waals surface area contributed by atoms with E-state index in [1.54, 1.807) is 0 Å². The van der Waals surface area contributed by atoms with Crippen molar-refractivity contribution < 1.29 is 14.3 Å². The largest absolute Gasteiger partial charge is 0.474 e. The van der Waals surface area contributed by atoms with E-state index < -0.39 is 11.2 Å². The van der Waals surface area contributed by atoms with Gasteiger partial charge in [0.2, 0.25) is 0 Å². The lowest BCUT2D eigenvalue weighted by Crippen LogP contribution is -2.52. The minimum Gasteiger partial charge on any atom is -0.474 e. The molecule has 0 saturated heterocycles. The second-order valence-electron chi connectivity index (χ2n) is 8.20. The average molecular weight is 402 g/mol. The monoisotopic (exact) mass is 402 g/mol. The van der Waals surface area contributed by atoms with Crippen molar-refractivity contribution in [1.29, 1.82) is 0 Å². The van der Waals surface area contributed by atoms with Crippen LogP contribution in [0.15, 0.2) is 108 Å². The van der Waals surface area contributed by atoms with E-state index in [9.17, 15) is 5.11 Å². The van der Waals surface area contributed by atoms with Crippen molar-refractivity contribution >= 4 is 11.0 Å². The van der Waals surface area contributed by atoms with Crippen LogP contribution in [-0.2, 0) is 11.2 Å². The first kappa shape index (κ1) is 16.9. The topological polar surface area (TPSA) is 42.6 Å². The summed E-state index contributed by atoms with van der Waals surface area (Å²) >= 11 is 0. The van der Waals surface area contributed by atoms with E-state index in [1.807, 2.05) is 103 Å². The van der Waals surface area contributed by atoms with Crippen molar-refractivity contribution in [3.63, 3.8) is 0 Å². The van der Waals surface area contributed by atoms with E-state index in [-0.39, 0.29) is 0 Å². The van der Waals surface area contributed by atoms with Gasteiger partial charge in [-0.15, -0.1) is 0 Å². The molecule has 0 fully saturated rings. The molecule has 1 aliphatic carbocycles. The Kier molecular flexibility index (Phi) is 3.09. The second-order valence-corrected chi connectivity index (χ2v) is 8.20. The normalized spacial score (nSPS) is 22.9. The molecule has 3 nitrogen and oxygen atoms in total. The van der Waals surface area contributed by atoms with E-state index in [1.165, 1.54) is 0 Å². The molecule has 1 aliphatic heterocycles. The Bertz CT molecular complexity index is 1480. The van der Waals surface area contributed by atoms with Crippen LogP contribution in [0, 0.1) is 0 Å². The summed E-state index contributed by atoms with van der Waals surface area (Å²) in [6.07, 6.45) is 0. The molecule has 3 heteroatoms. The summed E-state index contributed by atoms with van der Waals surface area (Å²) in [5.74, 6) is 1.38. The van der Waals surface area contributed by atoms with Crippen LogP contribution < -0.4 is 4.74 Å². The number of hydrogen-bond acceptors (Lipinski definition) is 3. The van der Waals surface area contributed by atoms with E-state index in [2.05, 4.69) is 0 Å². The van der Waals surface area contributed by atoms with Crippen molar-refractivity contribution in [2.75, 3.05) is 0 Å². The summed E-state index contributed by atoms with van der Waals surface area (Å²) in [7, 11) is 0. The summed E-state index contributed by atoms with van der Waals surface area (Å²) in [6.45, 7) is 0. The van der Waals surface area contributed by atoms with Crippen LogP contribution >= 0.6 is 0 Å². The Balaban J connectivity index is 1.74. The van der Waals surface area contributed by atoms with Gasteiger partial charge in [-0.05, 0) is 12.1 Å². The average Bonchev–Trinajstić information content (AvgIpc) is 3.35. The van der Waals surface area contributed by atoms with Gasteiger partial charge in [0.05, 0.1) is 0 Å². The first-order valence-electron chi connectivity index (χ1n) is 10.4. The van der Waals surface area contributed by atoms with Gasteiger partial charge in [-0.3, -0.25) is 0 Å². The van der Waals surface area contributed by atoms with Crippen LogP contribution in [0.1, 0.15) is 22.3 Å².